The first-order valence-corrected chi connectivity index (χ1v) is 5.72. The maximum absolute atomic E-state index is 5.46. The molecule has 0 fully saturated rings. The molecule has 0 aliphatic rings. The lowest BCUT2D eigenvalue weighted by Crippen LogP contribution is -2.18. The minimum atomic E-state index is 0.831. The minimum Gasteiger partial charge on any atom is -0.330 e. The fourth-order valence-corrected chi connectivity index (χ4v) is 1.39. The van der Waals surface area contributed by atoms with E-state index in [1.54, 1.807) is 0 Å². The Labute approximate surface area is 83.3 Å². The topological polar surface area (TPSA) is 38.0 Å². The van der Waals surface area contributed by atoms with Crippen molar-refractivity contribution in [1.29, 1.82) is 0 Å². The van der Waals surface area contributed by atoms with E-state index < -0.39 is 0 Å². The van der Waals surface area contributed by atoms with Gasteiger partial charge < -0.3 is 11.1 Å². The van der Waals surface area contributed by atoms with Crippen LogP contribution >= 0.6 is 0 Å². The van der Waals surface area contributed by atoms with E-state index in [0.717, 1.165) is 12.5 Å². The summed E-state index contributed by atoms with van der Waals surface area (Å²) >= 11 is 0. The first-order valence-electron chi connectivity index (χ1n) is 5.72. The smallest absolute Gasteiger partial charge is 0.00464 e. The summed E-state index contributed by atoms with van der Waals surface area (Å²) in [5.74, 6) is 0.831. The van der Waals surface area contributed by atoms with Crippen LogP contribution in [0.15, 0.2) is 0 Å². The lowest BCUT2D eigenvalue weighted by atomic mass is 10.0. The van der Waals surface area contributed by atoms with Crippen LogP contribution in [0, 0.1) is 5.92 Å². The zero-order valence-electron chi connectivity index (χ0n) is 9.31. The van der Waals surface area contributed by atoms with E-state index in [-0.39, 0.29) is 0 Å². The average molecular weight is 186 g/mol. The Kier molecular flexibility index (Phi) is 9.94. The summed E-state index contributed by atoms with van der Waals surface area (Å²) in [6.07, 6.45) is 6.35. The molecule has 80 valence electrons. The highest BCUT2D eigenvalue weighted by molar-refractivity contribution is 4.56. The minimum absolute atomic E-state index is 0.831. The van der Waals surface area contributed by atoms with Gasteiger partial charge in [0.25, 0.3) is 0 Å². The molecule has 3 N–H and O–H groups in total. The SMILES string of the molecule is CCCCNCCC(C)CCCN. The predicted octanol–water partition coefficient (Wildman–Crippen LogP) is 2.14. The molecular weight excluding hydrogens is 160 g/mol. The van der Waals surface area contributed by atoms with Gasteiger partial charge in [-0.15, -0.1) is 0 Å². The summed E-state index contributed by atoms with van der Waals surface area (Å²) in [5, 5.41) is 3.46. The molecule has 0 saturated carbocycles. The quantitative estimate of drug-likeness (QED) is 0.541. The highest BCUT2D eigenvalue weighted by Crippen LogP contribution is 2.08. The van der Waals surface area contributed by atoms with Crippen molar-refractivity contribution in [2.75, 3.05) is 19.6 Å². The Morgan fingerprint density at radius 3 is 2.54 bits per heavy atom. The molecule has 2 nitrogen and oxygen atoms in total. The van der Waals surface area contributed by atoms with Crippen LogP contribution in [0.5, 0.6) is 0 Å². The fraction of sp³-hybridized carbons (Fsp3) is 1.00. The van der Waals surface area contributed by atoms with E-state index in [9.17, 15) is 0 Å². The van der Waals surface area contributed by atoms with Crippen molar-refractivity contribution >= 4 is 0 Å². The monoisotopic (exact) mass is 186 g/mol. The highest BCUT2D eigenvalue weighted by atomic mass is 14.8. The van der Waals surface area contributed by atoms with E-state index in [4.69, 9.17) is 5.73 Å². The molecule has 0 bridgehead atoms. The van der Waals surface area contributed by atoms with Crippen LogP contribution in [0.3, 0.4) is 0 Å². The van der Waals surface area contributed by atoms with Crippen molar-refractivity contribution in [1.82, 2.24) is 5.32 Å². The number of rotatable bonds is 9. The summed E-state index contributed by atoms with van der Waals surface area (Å²) in [5.41, 5.74) is 5.46. The van der Waals surface area contributed by atoms with Crippen LogP contribution in [0.2, 0.25) is 0 Å². The zero-order valence-corrected chi connectivity index (χ0v) is 9.31. The van der Waals surface area contributed by atoms with Crippen LogP contribution in [-0.2, 0) is 0 Å². The van der Waals surface area contributed by atoms with Gasteiger partial charge in [0.2, 0.25) is 0 Å². The lowest BCUT2D eigenvalue weighted by Gasteiger charge is -2.10. The number of nitrogens with one attached hydrogen (secondary N) is 1. The molecule has 0 aromatic heterocycles. The molecule has 0 aromatic rings. The Morgan fingerprint density at radius 2 is 1.92 bits per heavy atom. The van der Waals surface area contributed by atoms with E-state index in [1.165, 1.54) is 45.2 Å². The van der Waals surface area contributed by atoms with Gasteiger partial charge in [-0.05, 0) is 51.2 Å². The number of hydrogen-bond donors (Lipinski definition) is 2. The molecular formula is C11H26N2. The van der Waals surface area contributed by atoms with Crippen molar-refractivity contribution in [3.8, 4) is 0 Å². The molecule has 0 radical (unpaired) electrons. The highest BCUT2D eigenvalue weighted by Gasteiger charge is 1.99. The largest absolute Gasteiger partial charge is 0.330 e. The van der Waals surface area contributed by atoms with Crippen LogP contribution < -0.4 is 11.1 Å². The number of unbranched alkanes of at least 4 members (excludes halogenated alkanes) is 1. The maximum atomic E-state index is 5.46. The van der Waals surface area contributed by atoms with Crippen LogP contribution in [-0.4, -0.2) is 19.6 Å². The van der Waals surface area contributed by atoms with Gasteiger partial charge in [-0.1, -0.05) is 20.3 Å². The number of hydrogen-bond acceptors (Lipinski definition) is 2. The molecule has 1 unspecified atom stereocenters. The summed E-state index contributed by atoms with van der Waals surface area (Å²) in [6, 6.07) is 0. The second-order valence-corrected chi connectivity index (χ2v) is 3.93. The van der Waals surface area contributed by atoms with Gasteiger partial charge >= 0.3 is 0 Å². The third-order valence-electron chi connectivity index (χ3n) is 2.42. The second-order valence-electron chi connectivity index (χ2n) is 3.93. The first-order chi connectivity index (χ1) is 6.31. The van der Waals surface area contributed by atoms with Crippen molar-refractivity contribution in [2.45, 2.75) is 46.0 Å². The normalized spacial score (nSPS) is 13.2. The molecule has 0 aromatic carbocycles. The molecule has 0 amide bonds. The van der Waals surface area contributed by atoms with Gasteiger partial charge in [0.1, 0.15) is 0 Å². The third-order valence-corrected chi connectivity index (χ3v) is 2.42. The lowest BCUT2D eigenvalue weighted by molar-refractivity contribution is 0.457. The molecule has 0 rings (SSSR count). The van der Waals surface area contributed by atoms with Crippen molar-refractivity contribution < 1.29 is 0 Å². The molecule has 2 heteroatoms. The molecule has 0 spiro atoms. The maximum Gasteiger partial charge on any atom is -0.00464 e. The van der Waals surface area contributed by atoms with Crippen LogP contribution in [0.1, 0.15) is 46.0 Å². The van der Waals surface area contributed by atoms with Crippen LogP contribution in [0.4, 0.5) is 0 Å². The first kappa shape index (κ1) is 12.9. The van der Waals surface area contributed by atoms with Gasteiger partial charge in [0.15, 0.2) is 0 Å². The fourth-order valence-electron chi connectivity index (χ4n) is 1.39. The Balaban J connectivity index is 3.03. The van der Waals surface area contributed by atoms with E-state index in [1.807, 2.05) is 0 Å². The van der Waals surface area contributed by atoms with Gasteiger partial charge in [-0.2, -0.15) is 0 Å². The summed E-state index contributed by atoms with van der Waals surface area (Å²) in [6.45, 7) is 7.74. The van der Waals surface area contributed by atoms with Gasteiger partial charge in [0, 0.05) is 0 Å². The standard InChI is InChI=1S/C11H26N2/c1-3-4-9-13-10-7-11(2)6-5-8-12/h11,13H,3-10,12H2,1-2H3. The Bertz CT molecular complexity index is 94.1. The van der Waals surface area contributed by atoms with Gasteiger partial charge in [-0.25, -0.2) is 0 Å². The molecule has 0 aliphatic carbocycles. The predicted molar refractivity (Wildman–Crippen MR) is 59.8 cm³/mol. The third kappa shape index (κ3) is 9.84. The van der Waals surface area contributed by atoms with E-state index >= 15 is 0 Å². The molecule has 13 heavy (non-hydrogen) atoms. The summed E-state index contributed by atoms with van der Waals surface area (Å²) in [7, 11) is 0. The molecule has 0 saturated heterocycles. The van der Waals surface area contributed by atoms with Gasteiger partial charge in [-0.3, -0.25) is 0 Å². The second kappa shape index (κ2) is 10.0. The molecule has 0 heterocycles. The van der Waals surface area contributed by atoms with Gasteiger partial charge in [0.05, 0.1) is 0 Å². The summed E-state index contributed by atoms with van der Waals surface area (Å²) in [4.78, 5) is 0. The summed E-state index contributed by atoms with van der Waals surface area (Å²) < 4.78 is 0. The average Bonchev–Trinajstić information content (AvgIpc) is 2.14. The number of nitrogens with two attached hydrogens (primary N) is 1. The zero-order chi connectivity index (χ0) is 9.94. The Morgan fingerprint density at radius 1 is 1.15 bits per heavy atom. The molecule has 1 atom stereocenters. The Hall–Kier alpha value is -0.0800. The molecule has 0 aliphatic heterocycles. The van der Waals surface area contributed by atoms with Crippen molar-refractivity contribution in [2.24, 2.45) is 11.7 Å². The van der Waals surface area contributed by atoms with E-state index in [0.29, 0.717) is 0 Å². The van der Waals surface area contributed by atoms with Crippen LogP contribution in [0.25, 0.3) is 0 Å². The van der Waals surface area contributed by atoms with Crippen molar-refractivity contribution in [3.63, 3.8) is 0 Å². The van der Waals surface area contributed by atoms with Crippen molar-refractivity contribution in [3.05, 3.63) is 0 Å². The van der Waals surface area contributed by atoms with E-state index in [2.05, 4.69) is 19.2 Å².